The molecular weight excluding hydrogens is 333 g/mol. The first-order chi connectivity index (χ1) is 10.1. The summed E-state index contributed by atoms with van der Waals surface area (Å²) in [5, 5.41) is 0. The van der Waals surface area contributed by atoms with Crippen LogP contribution in [0, 0.1) is 5.82 Å². The van der Waals surface area contributed by atoms with Crippen molar-refractivity contribution >= 4 is 32.7 Å². The number of imidazole rings is 1. The Morgan fingerprint density at radius 1 is 1.24 bits per heavy atom. The van der Waals surface area contributed by atoms with Gasteiger partial charge < -0.3 is 10.3 Å². The fraction of sp³-hybridized carbons (Fsp3) is 0.188. The molecule has 2 aromatic carbocycles. The summed E-state index contributed by atoms with van der Waals surface area (Å²) in [7, 11) is 0. The number of aryl methyl sites for hydroxylation is 1. The van der Waals surface area contributed by atoms with Gasteiger partial charge in [0.05, 0.1) is 11.0 Å². The van der Waals surface area contributed by atoms with E-state index < -0.39 is 0 Å². The van der Waals surface area contributed by atoms with Crippen LogP contribution in [0.15, 0.2) is 40.9 Å². The molecule has 0 atom stereocenters. The number of benzene rings is 2. The molecule has 0 saturated heterocycles. The Hall–Kier alpha value is -1.88. The normalized spacial score (nSPS) is 11.2. The van der Waals surface area contributed by atoms with Gasteiger partial charge in [0.25, 0.3) is 0 Å². The van der Waals surface area contributed by atoms with Crippen LogP contribution in [0.2, 0.25) is 0 Å². The lowest BCUT2D eigenvalue weighted by molar-refractivity contribution is 0.629. The average molecular weight is 348 g/mol. The summed E-state index contributed by atoms with van der Waals surface area (Å²) in [5.41, 5.74) is 9.15. The van der Waals surface area contributed by atoms with Crippen molar-refractivity contribution in [1.82, 2.24) is 9.55 Å². The third-order valence-corrected chi connectivity index (χ3v) is 4.13. The molecule has 0 amide bonds. The highest BCUT2D eigenvalue weighted by molar-refractivity contribution is 9.10. The predicted octanol–water partition coefficient (Wildman–Crippen LogP) is 4.60. The molecule has 3 rings (SSSR count). The standard InChI is InChI=1S/C16H15BrFN3/c1-2-7-21-15-6-4-11(18)9-14(15)20-16(21)10-3-5-12(17)13(19)8-10/h3-6,8-9H,2,7,19H2,1H3. The molecule has 0 aliphatic rings. The Labute approximate surface area is 130 Å². The molecule has 1 heterocycles. The van der Waals surface area contributed by atoms with E-state index in [1.54, 1.807) is 6.07 Å². The number of halogens is 2. The molecule has 1 aromatic heterocycles. The highest BCUT2D eigenvalue weighted by atomic mass is 79.9. The quantitative estimate of drug-likeness (QED) is 0.703. The molecule has 0 bridgehead atoms. The van der Waals surface area contributed by atoms with Crippen LogP contribution in [0.1, 0.15) is 13.3 Å². The van der Waals surface area contributed by atoms with E-state index in [2.05, 4.69) is 32.4 Å². The summed E-state index contributed by atoms with van der Waals surface area (Å²) in [5.74, 6) is 0.544. The van der Waals surface area contributed by atoms with Crippen LogP contribution in [-0.4, -0.2) is 9.55 Å². The molecule has 5 heteroatoms. The number of rotatable bonds is 3. The van der Waals surface area contributed by atoms with Gasteiger partial charge in [-0.25, -0.2) is 9.37 Å². The first-order valence-electron chi connectivity index (χ1n) is 6.81. The summed E-state index contributed by atoms with van der Waals surface area (Å²) >= 11 is 3.39. The summed E-state index contributed by atoms with van der Waals surface area (Å²) in [6.45, 7) is 2.93. The number of hydrogen-bond acceptors (Lipinski definition) is 2. The lowest BCUT2D eigenvalue weighted by Crippen LogP contribution is -2.00. The Morgan fingerprint density at radius 3 is 2.76 bits per heavy atom. The second-order valence-corrected chi connectivity index (χ2v) is 5.81. The molecule has 0 fully saturated rings. The van der Waals surface area contributed by atoms with E-state index in [1.165, 1.54) is 12.1 Å². The maximum absolute atomic E-state index is 13.4. The third-order valence-electron chi connectivity index (χ3n) is 3.41. The first-order valence-corrected chi connectivity index (χ1v) is 7.60. The maximum Gasteiger partial charge on any atom is 0.141 e. The molecule has 0 saturated carbocycles. The van der Waals surface area contributed by atoms with E-state index in [9.17, 15) is 4.39 Å². The van der Waals surface area contributed by atoms with Crippen LogP contribution < -0.4 is 5.73 Å². The predicted molar refractivity (Wildman–Crippen MR) is 87.5 cm³/mol. The Balaban J connectivity index is 2.24. The highest BCUT2D eigenvalue weighted by Gasteiger charge is 2.13. The number of anilines is 1. The lowest BCUT2D eigenvalue weighted by Gasteiger charge is -2.09. The minimum atomic E-state index is -0.273. The van der Waals surface area contributed by atoms with E-state index in [0.717, 1.165) is 34.3 Å². The first kappa shape index (κ1) is 14.1. The van der Waals surface area contributed by atoms with Crippen molar-refractivity contribution in [3.05, 3.63) is 46.7 Å². The largest absolute Gasteiger partial charge is 0.398 e. The number of nitrogens with zero attached hydrogens (tertiary/aromatic N) is 2. The molecule has 0 radical (unpaired) electrons. The number of hydrogen-bond donors (Lipinski definition) is 1. The second kappa shape index (κ2) is 5.48. The molecule has 0 unspecified atom stereocenters. The van der Waals surface area contributed by atoms with Crippen molar-refractivity contribution < 1.29 is 4.39 Å². The molecule has 3 nitrogen and oxygen atoms in total. The van der Waals surface area contributed by atoms with Gasteiger partial charge >= 0.3 is 0 Å². The Kier molecular flexibility index (Phi) is 3.68. The van der Waals surface area contributed by atoms with Crippen molar-refractivity contribution in [2.45, 2.75) is 19.9 Å². The molecule has 0 aliphatic carbocycles. The Bertz CT molecular complexity index is 811. The monoisotopic (exact) mass is 347 g/mol. The van der Waals surface area contributed by atoms with Gasteiger partial charge in [-0.05, 0) is 52.7 Å². The minimum absolute atomic E-state index is 0.273. The van der Waals surface area contributed by atoms with Crippen molar-refractivity contribution in [1.29, 1.82) is 0 Å². The zero-order chi connectivity index (χ0) is 15.0. The SMILES string of the molecule is CCCn1c(-c2ccc(Br)c(N)c2)nc2cc(F)ccc21. The van der Waals surface area contributed by atoms with Crippen molar-refractivity contribution in [2.24, 2.45) is 0 Å². The van der Waals surface area contributed by atoms with Gasteiger partial charge in [0.2, 0.25) is 0 Å². The summed E-state index contributed by atoms with van der Waals surface area (Å²) < 4.78 is 16.4. The molecule has 0 spiro atoms. The average Bonchev–Trinajstić information content (AvgIpc) is 2.80. The van der Waals surface area contributed by atoms with Crippen LogP contribution in [0.3, 0.4) is 0 Å². The van der Waals surface area contributed by atoms with Gasteiger partial charge in [0.1, 0.15) is 11.6 Å². The number of aromatic nitrogens is 2. The minimum Gasteiger partial charge on any atom is -0.398 e. The summed E-state index contributed by atoms with van der Waals surface area (Å²) in [4.78, 5) is 4.59. The topological polar surface area (TPSA) is 43.8 Å². The fourth-order valence-electron chi connectivity index (χ4n) is 2.46. The van der Waals surface area contributed by atoms with E-state index in [1.807, 2.05) is 18.2 Å². The lowest BCUT2D eigenvalue weighted by atomic mass is 10.2. The van der Waals surface area contributed by atoms with Gasteiger partial charge in [-0.3, -0.25) is 0 Å². The zero-order valence-corrected chi connectivity index (χ0v) is 13.2. The van der Waals surface area contributed by atoms with Crippen LogP contribution in [0.5, 0.6) is 0 Å². The Morgan fingerprint density at radius 2 is 2.05 bits per heavy atom. The van der Waals surface area contributed by atoms with Crippen LogP contribution in [0.25, 0.3) is 22.4 Å². The zero-order valence-electron chi connectivity index (χ0n) is 11.6. The van der Waals surface area contributed by atoms with Gasteiger partial charge in [-0.1, -0.05) is 6.92 Å². The molecular formula is C16H15BrFN3. The molecule has 3 aromatic rings. The van der Waals surface area contributed by atoms with Crippen molar-refractivity contribution in [2.75, 3.05) is 5.73 Å². The van der Waals surface area contributed by atoms with Gasteiger partial charge in [0, 0.05) is 28.3 Å². The van der Waals surface area contributed by atoms with E-state index in [4.69, 9.17) is 5.73 Å². The van der Waals surface area contributed by atoms with E-state index in [-0.39, 0.29) is 5.82 Å². The number of nitrogens with two attached hydrogens (primary N) is 1. The van der Waals surface area contributed by atoms with Crippen LogP contribution >= 0.6 is 15.9 Å². The molecule has 21 heavy (non-hydrogen) atoms. The van der Waals surface area contributed by atoms with E-state index in [0.29, 0.717) is 11.2 Å². The fourth-order valence-corrected chi connectivity index (χ4v) is 2.70. The second-order valence-electron chi connectivity index (χ2n) is 4.96. The highest BCUT2D eigenvalue weighted by Crippen LogP contribution is 2.29. The summed E-state index contributed by atoms with van der Waals surface area (Å²) in [6, 6.07) is 10.5. The molecule has 108 valence electrons. The third kappa shape index (κ3) is 2.53. The van der Waals surface area contributed by atoms with Crippen molar-refractivity contribution in [3.8, 4) is 11.4 Å². The van der Waals surface area contributed by atoms with E-state index >= 15 is 0 Å². The molecule has 2 N–H and O–H groups in total. The number of fused-ring (bicyclic) bond motifs is 1. The number of nitrogen functional groups attached to an aromatic ring is 1. The smallest absolute Gasteiger partial charge is 0.141 e. The maximum atomic E-state index is 13.4. The summed E-state index contributed by atoms with van der Waals surface area (Å²) in [6.07, 6.45) is 0.974. The van der Waals surface area contributed by atoms with Gasteiger partial charge in [0.15, 0.2) is 0 Å². The van der Waals surface area contributed by atoms with Crippen molar-refractivity contribution in [3.63, 3.8) is 0 Å². The van der Waals surface area contributed by atoms with Gasteiger partial charge in [-0.2, -0.15) is 0 Å². The van der Waals surface area contributed by atoms with Crippen LogP contribution in [0.4, 0.5) is 10.1 Å². The molecule has 0 aliphatic heterocycles. The van der Waals surface area contributed by atoms with Gasteiger partial charge in [-0.15, -0.1) is 0 Å². The van der Waals surface area contributed by atoms with Crippen LogP contribution in [-0.2, 0) is 6.54 Å².